The van der Waals surface area contributed by atoms with Gasteiger partial charge in [0.05, 0.1) is 12.7 Å². The molecular formula is C13H12F3NO3. The highest BCUT2D eigenvalue weighted by Crippen LogP contribution is 2.60. The Morgan fingerprint density at radius 2 is 1.85 bits per heavy atom. The molecule has 20 heavy (non-hydrogen) atoms. The van der Waals surface area contributed by atoms with Gasteiger partial charge in [0.2, 0.25) is 5.91 Å². The van der Waals surface area contributed by atoms with Crippen LogP contribution >= 0.6 is 0 Å². The maximum atomic E-state index is 12.5. The number of esters is 1. The first-order valence-electron chi connectivity index (χ1n) is 5.79. The van der Waals surface area contributed by atoms with Crippen LogP contribution in [-0.4, -0.2) is 19.0 Å². The molecule has 0 aliphatic heterocycles. The molecule has 0 heterocycles. The van der Waals surface area contributed by atoms with Crippen LogP contribution in [0.2, 0.25) is 0 Å². The number of halogens is 3. The van der Waals surface area contributed by atoms with Gasteiger partial charge in [0, 0.05) is 5.92 Å². The number of carbonyl (C=O) groups is 2. The first kappa shape index (κ1) is 14.4. The van der Waals surface area contributed by atoms with Crippen LogP contribution in [0.1, 0.15) is 23.5 Å². The molecule has 1 aromatic rings. The topological polar surface area (TPSA) is 69.4 Å². The van der Waals surface area contributed by atoms with Crippen LogP contribution in [0.15, 0.2) is 24.3 Å². The third-order valence-corrected chi connectivity index (χ3v) is 3.59. The van der Waals surface area contributed by atoms with E-state index in [2.05, 4.69) is 4.74 Å². The minimum absolute atomic E-state index is 0.153. The van der Waals surface area contributed by atoms with Crippen molar-refractivity contribution in [3.8, 4) is 0 Å². The van der Waals surface area contributed by atoms with Crippen molar-refractivity contribution in [2.24, 2.45) is 11.1 Å². The number of rotatable bonds is 3. The minimum atomic E-state index is -4.43. The molecule has 1 fully saturated rings. The smallest absolute Gasteiger partial charge is 0.416 e. The second kappa shape index (κ2) is 4.50. The quantitative estimate of drug-likeness (QED) is 0.681. The second-order valence-electron chi connectivity index (χ2n) is 4.70. The number of primary amides is 1. The van der Waals surface area contributed by atoms with Gasteiger partial charge < -0.3 is 10.5 Å². The summed E-state index contributed by atoms with van der Waals surface area (Å²) in [4.78, 5) is 23.1. The molecule has 2 unspecified atom stereocenters. The maximum Gasteiger partial charge on any atom is 0.416 e. The van der Waals surface area contributed by atoms with Gasteiger partial charge >= 0.3 is 12.1 Å². The summed E-state index contributed by atoms with van der Waals surface area (Å²) >= 11 is 0. The standard InChI is InChI=1S/C13H12F3NO3/c1-20-11(19)12(10(17)18)6-9(12)7-2-4-8(5-3-7)13(14,15)16/h2-5,9H,6H2,1H3,(H2,17,18). The number of alkyl halides is 3. The van der Waals surface area contributed by atoms with Gasteiger partial charge in [-0.05, 0) is 24.1 Å². The third-order valence-electron chi connectivity index (χ3n) is 3.59. The van der Waals surface area contributed by atoms with Crippen LogP contribution in [0.25, 0.3) is 0 Å². The van der Waals surface area contributed by atoms with E-state index in [0.717, 1.165) is 19.2 Å². The van der Waals surface area contributed by atoms with Crippen molar-refractivity contribution in [1.82, 2.24) is 0 Å². The van der Waals surface area contributed by atoms with Gasteiger partial charge in [-0.1, -0.05) is 12.1 Å². The Balaban J connectivity index is 2.27. The number of amides is 1. The highest BCUT2D eigenvalue weighted by Gasteiger charge is 2.66. The van der Waals surface area contributed by atoms with E-state index in [0.29, 0.717) is 5.56 Å². The lowest BCUT2D eigenvalue weighted by Crippen LogP contribution is -2.34. The van der Waals surface area contributed by atoms with Crippen LogP contribution in [0.3, 0.4) is 0 Å². The molecule has 2 rings (SSSR count). The summed E-state index contributed by atoms with van der Waals surface area (Å²) < 4.78 is 41.9. The number of hydrogen-bond donors (Lipinski definition) is 1. The number of hydrogen-bond acceptors (Lipinski definition) is 3. The Kier molecular flexibility index (Phi) is 3.23. The van der Waals surface area contributed by atoms with E-state index in [-0.39, 0.29) is 6.42 Å². The van der Waals surface area contributed by atoms with Gasteiger partial charge in [-0.25, -0.2) is 0 Å². The van der Waals surface area contributed by atoms with Crippen molar-refractivity contribution in [2.75, 3.05) is 7.11 Å². The molecule has 1 amide bonds. The van der Waals surface area contributed by atoms with E-state index >= 15 is 0 Å². The average molecular weight is 287 g/mol. The number of nitrogens with two attached hydrogens (primary N) is 1. The Morgan fingerprint density at radius 1 is 1.30 bits per heavy atom. The summed E-state index contributed by atoms with van der Waals surface area (Å²) in [6.45, 7) is 0. The normalized spacial score (nSPS) is 25.1. The molecule has 4 nitrogen and oxygen atoms in total. The van der Waals surface area contributed by atoms with Gasteiger partial charge in [-0.3, -0.25) is 9.59 Å². The van der Waals surface area contributed by atoms with E-state index < -0.39 is 34.9 Å². The summed E-state index contributed by atoms with van der Waals surface area (Å²) in [5, 5.41) is 0. The van der Waals surface area contributed by atoms with Crippen LogP contribution in [-0.2, 0) is 20.5 Å². The van der Waals surface area contributed by atoms with Crippen LogP contribution in [0, 0.1) is 5.41 Å². The van der Waals surface area contributed by atoms with Gasteiger partial charge in [0.1, 0.15) is 0 Å². The molecule has 0 saturated heterocycles. The fourth-order valence-corrected chi connectivity index (χ4v) is 2.35. The van der Waals surface area contributed by atoms with E-state index in [4.69, 9.17) is 5.73 Å². The minimum Gasteiger partial charge on any atom is -0.468 e. The predicted octanol–water partition coefficient (Wildman–Crippen LogP) is 1.84. The summed E-state index contributed by atoms with van der Waals surface area (Å²) in [7, 11) is 1.13. The lowest BCUT2D eigenvalue weighted by Gasteiger charge is -2.12. The van der Waals surface area contributed by atoms with Gasteiger partial charge in [-0.15, -0.1) is 0 Å². The zero-order valence-corrected chi connectivity index (χ0v) is 10.5. The molecule has 1 aliphatic carbocycles. The largest absolute Gasteiger partial charge is 0.468 e. The van der Waals surface area contributed by atoms with E-state index in [9.17, 15) is 22.8 Å². The molecule has 1 aliphatic rings. The highest BCUT2D eigenvalue weighted by atomic mass is 19.4. The second-order valence-corrected chi connectivity index (χ2v) is 4.70. The van der Waals surface area contributed by atoms with E-state index in [1.54, 1.807) is 0 Å². The summed E-state index contributed by atoms with van der Waals surface area (Å²) in [5.74, 6) is -2.11. The van der Waals surface area contributed by atoms with E-state index in [1.165, 1.54) is 12.1 Å². The monoisotopic (exact) mass is 287 g/mol. The van der Waals surface area contributed by atoms with Crippen LogP contribution in [0.5, 0.6) is 0 Å². The number of ether oxygens (including phenoxy) is 1. The highest BCUT2D eigenvalue weighted by molar-refractivity contribution is 6.06. The first-order valence-corrected chi connectivity index (χ1v) is 5.79. The molecule has 7 heteroatoms. The summed E-state index contributed by atoms with van der Waals surface area (Å²) in [6.07, 6.45) is -4.27. The van der Waals surface area contributed by atoms with Gasteiger partial charge in [-0.2, -0.15) is 13.2 Å². The predicted molar refractivity (Wildman–Crippen MR) is 62.4 cm³/mol. The Labute approximate surface area is 112 Å². The van der Waals surface area contributed by atoms with Gasteiger partial charge in [0.25, 0.3) is 0 Å². The molecule has 0 aromatic heterocycles. The lowest BCUT2D eigenvalue weighted by atomic mass is 9.97. The van der Waals surface area contributed by atoms with Gasteiger partial charge in [0.15, 0.2) is 5.41 Å². The number of carbonyl (C=O) groups excluding carboxylic acids is 2. The molecule has 0 bridgehead atoms. The molecule has 108 valence electrons. The van der Waals surface area contributed by atoms with Crippen molar-refractivity contribution in [1.29, 1.82) is 0 Å². The average Bonchev–Trinajstić information content (AvgIpc) is 3.13. The molecule has 1 saturated carbocycles. The zero-order chi connectivity index (χ0) is 15.1. The lowest BCUT2D eigenvalue weighted by molar-refractivity contribution is -0.151. The van der Waals surface area contributed by atoms with Crippen LogP contribution < -0.4 is 5.73 Å². The van der Waals surface area contributed by atoms with Crippen LogP contribution in [0.4, 0.5) is 13.2 Å². The molecular weight excluding hydrogens is 275 g/mol. The fourth-order valence-electron chi connectivity index (χ4n) is 2.35. The zero-order valence-electron chi connectivity index (χ0n) is 10.5. The Hall–Kier alpha value is -2.05. The SMILES string of the molecule is COC(=O)C1(C(N)=O)CC1c1ccc(C(F)(F)F)cc1. The fraction of sp³-hybridized carbons (Fsp3) is 0.385. The van der Waals surface area contributed by atoms with E-state index in [1.807, 2.05) is 0 Å². The Bertz CT molecular complexity index is 553. The van der Waals surface area contributed by atoms with Crippen molar-refractivity contribution in [3.05, 3.63) is 35.4 Å². The molecule has 0 spiro atoms. The maximum absolute atomic E-state index is 12.5. The molecule has 1 aromatic carbocycles. The third kappa shape index (κ3) is 2.13. The number of methoxy groups -OCH3 is 1. The Morgan fingerprint density at radius 3 is 2.25 bits per heavy atom. The number of benzene rings is 1. The summed E-state index contributed by atoms with van der Waals surface area (Å²) in [5.41, 5.74) is 3.44. The molecule has 0 radical (unpaired) electrons. The van der Waals surface area contributed by atoms with Crippen molar-refractivity contribution in [2.45, 2.75) is 18.5 Å². The molecule has 2 N–H and O–H groups in total. The summed E-state index contributed by atoms with van der Waals surface area (Å²) in [6, 6.07) is 4.33. The van der Waals surface area contributed by atoms with Crippen molar-refractivity contribution < 1.29 is 27.5 Å². The first-order chi connectivity index (χ1) is 9.23. The van der Waals surface area contributed by atoms with Crippen molar-refractivity contribution in [3.63, 3.8) is 0 Å². The van der Waals surface area contributed by atoms with Crippen molar-refractivity contribution >= 4 is 11.9 Å². The molecule has 2 atom stereocenters.